The van der Waals surface area contributed by atoms with Crippen LogP contribution in [0.5, 0.6) is 0 Å². The molecule has 11 N–H and O–H groups in total. The Morgan fingerprint density at radius 1 is 0.645 bits per heavy atom. The molecule has 34 heteroatoms. The molecule has 1 aromatic carbocycles. The number of imidazole rings is 2. The van der Waals surface area contributed by atoms with Crippen molar-refractivity contribution in [3.63, 3.8) is 0 Å². The fourth-order valence-electron chi connectivity index (χ4n) is 6.18. The number of nitrogens with zero attached hydrogens (tertiary/aromatic N) is 8. The highest BCUT2D eigenvalue weighted by Gasteiger charge is 2.51. The molecule has 62 heavy (non-hydrogen) atoms. The molecule has 0 amide bonds. The van der Waals surface area contributed by atoms with Gasteiger partial charge in [0, 0.05) is 0 Å². The van der Waals surface area contributed by atoms with Crippen LogP contribution in [0.1, 0.15) is 18.0 Å². The second kappa shape index (κ2) is 17.7. The van der Waals surface area contributed by atoms with E-state index in [1.165, 1.54) is 10.9 Å². The van der Waals surface area contributed by atoms with E-state index in [2.05, 4.69) is 47.4 Å². The maximum atomic E-state index is 12.9. The van der Waals surface area contributed by atoms with Crippen LogP contribution in [0.2, 0.25) is 0 Å². The first kappa shape index (κ1) is 45.8. The van der Waals surface area contributed by atoms with Crippen LogP contribution in [0.3, 0.4) is 0 Å². The average molecular weight is 955 g/mol. The molecule has 7 rings (SSSR count). The Kier molecular flexibility index (Phi) is 13.1. The molecular formula is C28H34N10O20P4. The second-order valence-electron chi connectivity index (χ2n) is 13.1. The predicted octanol–water partition coefficient (Wildman–Crippen LogP) is -0.653. The third kappa shape index (κ3) is 10.2. The zero-order valence-corrected chi connectivity index (χ0v) is 34.5. The van der Waals surface area contributed by atoms with Crippen molar-refractivity contribution < 1.29 is 94.1 Å². The van der Waals surface area contributed by atoms with E-state index in [0.717, 1.165) is 23.5 Å². The lowest BCUT2D eigenvalue weighted by atomic mass is 10.1. The van der Waals surface area contributed by atoms with Crippen molar-refractivity contribution in [2.45, 2.75) is 55.5 Å². The standard InChI is InChI=1S/C28H34N10O20P4/c29-23-17-25(33-9-31-23)37(11-35-17)27-21(42)19(40)14(53-27)7-51-59(43,44)56-61(47,48)58-62(49,50)57-60(45,46)52-8-15-20(41)22(55-16(39)6-13-4-2-1-3-5-13)28(54-15)38-12-36-18-24(30)32-10-34-26(18)38/h1-5,9-12,14-15,19-22,27-28,40-42H,6-8H2,(H,43,44)(H,45,46)(H,47,48)(H,49,50)(H2,29,31,33)(H2,30,32,34)/t14-,15-,19+,20-,21+,22-,27+,28-/m1/s1. The molecule has 0 bridgehead atoms. The topological polar surface area (TPSA) is 440 Å². The van der Waals surface area contributed by atoms with Gasteiger partial charge in [-0.25, -0.2) is 48.2 Å². The van der Waals surface area contributed by atoms with Gasteiger partial charge in [-0.3, -0.25) is 23.0 Å². The lowest BCUT2D eigenvalue weighted by Gasteiger charge is -2.22. The fourth-order valence-corrected chi connectivity index (χ4v) is 11.1. The maximum absolute atomic E-state index is 12.9. The fraction of sp³-hybridized carbons (Fsp3) is 0.393. The van der Waals surface area contributed by atoms with Crippen LogP contribution < -0.4 is 11.5 Å². The summed E-state index contributed by atoms with van der Waals surface area (Å²) in [6.07, 6.45) is -8.89. The van der Waals surface area contributed by atoms with Crippen LogP contribution >= 0.6 is 31.3 Å². The summed E-state index contributed by atoms with van der Waals surface area (Å²) >= 11 is 0. The number of rotatable bonds is 17. The minimum absolute atomic E-state index is 0.0203. The molecule has 4 aromatic heterocycles. The highest BCUT2D eigenvalue weighted by molar-refractivity contribution is 7.69. The van der Waals surface area contributed by atoms with E-state index >= 15 is 0 Å². The zero-order valence-electron chi connectivity index (χ0n) is 30.9. The quantitative estimate of drug-likeness (QED) is 0.0413. The van der Waals surface area contributed by atoms with Crippen molar-refractivity contribution in [1.29, 1.82) is 0 Å². The monoisotopic (exact) mass is 954 g/mol. The molecule has 0 radical (unpaired) electrons. The highest BCUT2D eigenvalue weighted by Crippen LogP contribution is 2.71. The summed E-state index contributed by atoms with van der Waals surface area (Å²) < 4.78 is 90.8. The van der Waals surface area contributed by atoms with Gasteiger partial charge in [-0.05, 0) is 5.56 Å². The van der Waals surface area contributed by atoms with E-state index in [0.29, 0.717) is 5.56 Å². The normalized spacial score (nSPS) is 28.0. The van der Waals surface area contributed by atoms with Crippen LogP contribution in [-0.4, -0.2) is 130 Å². The minimum Gasteiger partial charge on any atom is -0.454 e. The summed E-state index contributed by atoms with van der Waals surface area (Å²) in [7, 11) is -24.2. The van der Waals surface area contributed by atoms with Crippen LogP contribution in [0.15, 0.2) is 55.6 Å². The number of anilines is 2. The van der Waals surface area contributed by atoms with Gasteiger partial charge in [-0.1, -0.05) is 30.3 Å². The molecular weight excluding hydrogens is 920 g/mol. The number of esters is 1. The van der Waals surface area contributed by atoms with Crippen molar-refractivity contribution in [1.82, 2.24) is 39.0 Å². The van der Waals surface area contributed by atoms with E-state index in [9.17, 15) is 57.9 Å². The maximum Gasteiger partial charge on any atom is 0.490 e. The average Bonchev–Trinajstić information content (AvgIpc) is 3.94. The van der Waals surface area contributed by atoms with Gasteiger partial charge in [0.2, 0.25) is 0 Å². The number of hydrogen-bond acceptors (Lipinski definition) is 24. The molecule has 2 aliphatic rings. The van der Waals surface area contributed by atoms with Gasteiger partial charge in [0.1, 0.15) is 54.2 Å². The third-order valence-corrected chi connectivity index (χ3v) is 14.8. The van der Waals surface area contributed by atoms with E-state index in [1.807, 2.05) is 0 Å². The zero-order chi connectivity index (χ0) is 44.8. The largest absolute Gasteiger partial charge is 0.490 e. The van der Waals surface area contributed by atoms with E-state index < -0.39 is 99.6 Å². The van der Waals surface area contributed by atoms with Gasteiger partial charge >= 0.3 is 37.3 Å². The first-order valence-electron chi connectivity index (χ1n) is 17.3. The first-order chi connectivity index (χ1) is 29.1. The van der Waals surface area contributed by atoms with Gasteiger partial charge in [-0.2, -0.15) is 12.9 Å². The lowest BCUT2D eigenvalue weighted by Crippen LogP contribution is -2.37. The van der Waals surface area contributed by atoms with Crippen LogP contribution in [0.25, 0.3) is 22.3 Å². The number of carbonyl (C=O) groups is 1. The Balaban J connectivity index is 0.953. The SMILES string of the molecule is Nc1ncnc2c1ncn2[C@@H]1O[C@H](COP(=O)(O)OP(=O)(O)OP(=O)(O)OP(=O)(O)OC[C@H]2O[C@H](n3cnc4c(N)ncnc43)[C@@H](O)[C@H]2O)[C@@H](O)[C@H]1OC(=O)Cc1ccccc1. The number of nitrogen functional groups attached to an aromatic ring is 2. The Hall–Kier alpha value is -4.25. The number of aromatic nitrogens is 8. The van der Waals surface area contributed by atoms with Crippen molar-refractivity contribution >= 4 is 71.2 Å². The Labute approximate surface area is 345 Å². The van der Waals surface area contributed by atoms with Gasteiger partial charge in [0.15, 0.2) is 41.5 Å². The molecule has 5 aromatic rings. The molecule has 2 fully saturated rings. The van der Waals surface area contributed by atoms with Crippen molar-refractivity contribution in [2.24, 2.45) is 0 Å². The molecule has 0 spiro atoms. The van der Waals surface area contributed by atoms with Gasteiger partial charge in [0.05, 0.1) is 32.3 Å². The summed E-state index contributed by atoms with van der Waals surface area (Å²) in [4.78, 5) is 77.1. The van der Waals surface area contributed by atoms with E-state index in [-0.39, 0.29) is 40.4 Å². The molecule has 0 saturated carbocycles. The highest BCUT2D eigenvalue weighted by atomic mass is 31.3. The number of carbonyl (C=O) groups excluding carboxylic acids is 1. The molecule has 2 saturated heterocycles. The lowest BCUT2D eigenvalue weighted by molar-refractivity contribution is -0.157. The Bertz CT molecular complexity index is 2640. The number of phosphoric ester groups is 2. The van der Waals surface area contributed by atoms with Crippen LogP contribution in [0.4, 0.5) is 11.6 Å². The summed E-state index contributed by atoms with van der Waals surface area (Å²) in [6, 6.07) is 8.35. The molecule has 4 unspecified atom stereocenters. The summed E-state index contributed by atoms with van der Waals surface area (Å²) in [6.45, 7) is -2.28. The smallest absolute Gasteiger partial charge is 0.454 e. The third-order valence-electron chi connectivity index (χ3n) is 8.85. The molecule has 30 nitrogen and oxygen atoms in total. The second-order valence-corrected chi connectivity index (χ2v) is 19.3. The Morgan fingerprint density at radius 2 is 1.11 bits per heavy atom. The van der Waals surface area contributed by atoms with Gasteiger partial charge in [-0.15, -0.1) is 0 Å². The van der Waals surface area contributed by atoms with Gasteiger partial charge < -0.3 is 60.6 Å². The van der Waals surface area contributed by atoms with E-state index in [1.54, 1.807) is 30.3 Å². The summed E-state index contributed by atoms with van der Waals surface area (Å²) in [5.41, 5.74) is 12.5. The molecule has 6 heterocycles. The first-order valence-corrected chi connectivity index (χ1v) is 23.3. The minimum atomic E-state index is -6.26. The molecule has 2 aliphatic heterocycles. The van der Waals surface area contributed by atoms with Crippen LogP contribution in [0, 0.1) is 0 Å². The summed E-state index contributed by atoms with van der Waals surface area (Å²) in [5.74, 6) is -0.897. The predicted molar refractivity (Wildman–Crippen MR) is 200 cm³/mol. The summed E-state index contributed by atoms with van der Waals surface area (Å²) in [5, 5.41) is 32.2. The number of benzene rings is 1. The Morgan fingerprint density at radius 3 is 1.65 bits per heavy atom. The number of ether oxygens (including phenoxy) is 3. The van der Waals surface area contributed by atoms with Crippen molar-refractivity contribution in [2.75, 3.05) is 24.7 Å². The number of aliphatic hydroxyl groups is 3. The number of aliphatic hydroxyl groups excluding tert-OH is 3. The molecule has 0 aliphatic carbocycles. The number of hydrogen-bond donors (Lipinski definition) is 9. The van der Waals surface area contributed by atoms with E-state index in [4.69, 9.17) is 30.2 Å². The molecule has 336 valence electrons. The number of nitrogens with two attached hydrogens (primary N) is 2. The number of phosphoric acid groups is 4. The van der Waals surface area contributed by atoms with Gasteiger partial charge in [0.25, 0.3) is 0 Å². The molecule has 12 atom stereocenters. The van der Waals surface area contributed by atoms with Crippen LogP contribution in [-0.2, 0) is 65.7 Å². The number of fused-ring (bicyclic) bond motifs is 2. The van der Waals surface area contributed by atoms with Crippen molar-refractivity contribution in [3.8, 4) is 0 Å². The van der Waals surface area contributed by atoms with Crippen molar-refractivity contribution in [3.05, 3.63) is 61.2 Å².